The molecule has 0 radical (unpaired) electrons. The van der Waals surface area contributed by atoms with Gasteiger partial charge in [0, 0.05) is 29.2 Å². The standard InChI is InChI=1S/C26H25N3O3/c1-15-21-22(16-9-11-17(12-10-16)25(31)32)23-19(13-26(2,3)14-20(23)30)27-24(21)29(28-15)18-7-5-4-6-8-18/h4-12,22,27H,13-14H2,1-3H3,(H,31,32). The first-order chi connectivity index (χ1) is 15.2. The highest BCUT2D eigenvalue weighted by Crippen LogP contribution is 2.50. The van der Waals surface area contributed by atoms with E-state index in [4.69, 9.17) is 5.10 Å². The van der Waals surface area contributed by atoms with Crippen LogP contribution in [0.2, 0.25) is 0 Å². The number of carbonyl (C=O) groups excluding carboxylic acids is 1. The van der Waals surface area contributed by atoms with E-state index in [2.05, 4.69) is 19.2 Å². The van der Waals surface area contributed by atoms with Crippen LogP contribution in [0.4, 0.5) is 5.82 Å². The third kappa shape index (κ3) is 3.23. The average Bonchev–Trinajstić information content (AvgIpc) is 3.08. The maximum absolute atomic E-state index is 13.4. The lowest BCUT2D eigenvalue weighted by Gasteiger charge is -2.38. The summed E-state index contributed by atoms with van der Waals surface area (Å²) >= 11 is 0. The summed E-state index contributed by atoms with van der Waals surface area (Å²) in [6.07, 6.45) is 1.24. The number of aryl methyl sites for hydroxylation is 1. The molecule has 1 aliphatic heterocycles. The van der Waals surface area contributed by atoms with Crippen molar-refractivity contribution in [1.29, 1.82) is 0 Å². The number of aromatic carboxylic acids is 1. The number of carbonyl (C=O) groups is 2. The summed E-state index contributed by atoms with van der Waals surface area (Å²) in [5, 5.41) is 17.7. The molecular formula is C26H25N3O3. The summed E-state index contributed by atoms with van der Waals surface area (Å²) in [4.78, 5) is 24.7. The van der Waals surface area contributed by atoms with E-state index in [1.165, 1.54) is 0 Å². The number of para-hydroxylation sites is 1. The summed E-state index contributed by atoms with van der Waals surface area (Å²) in [5.74, 6) is -0.255. The molecule has 0 saturated carbocycles. The van der Waals surface area contributed by atoms with Gasteiger partial charge in [0.15, 0.2) is 5.78 Å². The van der Waals surface area contributed by atoms with Gasteiger partial charge in [0.05, 0.1) is 16.9 Å². The van der Waals surface area contributed by atoms with Crippen LogP contribution in [0.15, 0.2) is 65.9 Å². The van der Waals surface area contributed by atoms with Gasteiger partial charge >= 0.3 is 5.97 Å². The Hall–Kier alpha value is -3.67. The Labute approximate surface area is 186 Å². The Bertz CT molecular complexity index is 1270. The Morgan fingerprint density at radius 2 is 1.78 bits per heavy atom. The summed E-state index contributed by atoms with van der Waals surface area (Å²) in [7, 11) is 0. The molecule has 0 spiro atoms. The van der Waals surface area contributed by atoms with E-state index in [1.807, 2.05) is 54.1 Å². The molecule has 0 fully saturated rings. The van der Waals surface area contributed by atoms with E-state index in [1.54, 1.807) is 12.1 Å². The summed E-state index contributed by atoms with van der Waals surface area (Å²) < 4.78 is 1.90. The number of carboxylic acids is 1. The number of allylic oxidation sites excluding steroid dienone is 2. The number of ketones is 1. The molecule has 0 bridgehead atoms. The van der Waals surface area contributed by atoms with Crippen molar-refractivity contribution in [3.05, 3.63) is 88.3 Å². The normalized spacial score (nSPS) is 19.2. The summed E-state index contributed by atoms with van der Waals surface area (Å²) in [6.45, 7) is 6.19. The van der Waals surface area contributed by atoms with Crippen molar-refractivity contribution in [3.8, 4) is 5.69 Å². The van der Waals surface area contributed by atoms with Crippen LogP contribution in [0.1, 0.15) is 59.8 Å². The maximum Gasteiger partial charge on any atom is 0.335 e. The van der Waals surface area contributed by atoms with E-state index in [9.17, 15) is 14.7 Å². The van der Waals surface area contributed by atoms with E-state index >= 15 is 0 Å². The number of carboxylic acid groups (broad SMARTS) is 1. The van der Waals surface area contributed by atoms with Crippen molar-refractivity contribution in [2.75, 3.05) is 5.32 Å². The molecular weight excluding hydrogens is 402 g/mol. The molecule has 5 rings (SSSR count). The number of hydrogen-bond acceptors (Lipinski definition) is 4. The van der Waals surface area contributed by atoms with Gasteiger partial charge in [-0.2, -0.15) is 5.10 Å². The zero-order valence-corrected chi connectivity index (χ0v) is 18.3. The van der Waals surface area contributed by atoms with Gasteiger partial charge in [-0.1, -0.05) is 44.2 Å². The molecule has 2 N–H and O–H groups in total. The quantitative estimate of drug-likeness (QED) is 0.609. The van der Waals surface area contributed by atoms with Gasteiger partial charge in [0.1, 0.15) is 5.82 Å². The van der Waals surface area contributed by atoms with Gasteiger partial charge < -0.3 is 10.4 Å². The first kappa shape index (κ1) is 20.2. The van der Waals surface area contributed by atoms with Crippen LogP contribution in [0.5, 0.6) is 0 Å². The number of rotatable bonds is 3. The number of fused-ring (bicyclic) bond motifs is 1. The van der Waals surface area contributed by atoms with Crippen LogP contribution in [0.3, 0.4) is 0 Å². The molecule has 0 saturated heterocycles. The van der Waals surface area contributed by atoms with Crippen LogP contribution in [0.25, 0.3) is 5.69 Å². The summed E-state index contributed by atoms with van der Waals surface area (Å²) in [5.41, 5.74) is 5.44. The highest BCUT2D eigenvalue weighted by molar-refractivity contribution is 6.01. The van der Waals surface area contributed by atoms with Crippen LogP contribution >= 0.6 is 0 Å². The zero-order chi connectivity index (χ0) is 22.6. The molecule has 162 valence electrons. The molecule has 6 nitrogen and oxygen atoms in total. The Kier molecular flexibility index (Phi) is 4.55. The number of benzene rings is 2. The molecule has 2 heterocycles. The van der Waals surface area contributed by atoms with Crippen molar-refractivity contribution in [2.45, 2.75) is 39.5 Å². The van der Waals surface area contributed by atoms with Crippen molar-refractivity contribution >= 4 is 17.6 Å². The number of aromatic nitrogens is 2. The second kappa shape index (κ2) is 7.19. The molecule has 1 atom stereocenters. The molecule has 0 amide bonds. The SMILES string of the molecule is Cc1nn(-c2ccccc2)c2c1C(c1ccc(C(=O)O)cc1)C1=C(CC(C)(C)CC1=O)N2. The van der Waals surface area contributed by atoms with E-state index in [-0.39, 0.29) is 22.7 Å². The number of hydrogen-bond donors (Lipinski definition) is 2. The smallest absolute Gasteiger partial charge is 0.335 e. The lowest BCUT2D eigenvalue weighted by molar-refractivity contribution is -0.118. The zero-order valence-electron chi connectivity index (χ0n) is 18.3. The molecule has 6 heteroatoms. The minimum absolute atomic E-state index is 0.133. The van der Waals surface area contributed by atoms with Crippen molar-refractivity contribution in [1.82, 2.24) is 9.78 Å². The third-order valence-corrected chi connectivity index (χ3v) is 6.37. The number of anilines is 1. The van der Waals surface area contributed by atoms with Gasteiger partial charge in [-0.3, -0.25) is 4.79 Å². The molecule has 1 aliphatic carbocycles. The lowest BCUT2D eigenvalue weighted by atomic mass is 9.69. The molecule has 3 aromatic rings. The lowest BCUT2D eigenvalue weighted by Crippen LogP contribution is -2.34. The first-order valence-electron chi connectivity index (χ1n) is 10.8. The van der Waals surface area contributed by atoms with Gasteiger partial charge in [0.2, 0.25) is 0 Å². The van der Waals surface area contributed by atoms with Crippen LogP contribution in [-0.4, -0.2) is 26.6 Å². The van der Waals surface area contributed by atoms with Crippen molar-refractivity contribution in [2.24, 2.45) is 5.41 Å². The van der Waals surface area contributed by atoms with Gasteiger partial charge in [-0.15, -0.1) is 0 Å². The van der Waals surface area contributed by atoms with Crippen LogP contribution < -0.4 is 5.32 Å². The van der Waals surface area contributed by atoms with Gasteiger partial charge in [-0.05, 0) is 48.6 Å². The first-order valence-corrected chi connectivity index (χ1v) is 10.8. The number of nitrogens with one attached hydrogen (secondary N) is 1. The largest absolute Gasteiger partial charge is 0.478 e. The Balaban J connectivity index is 1.73. The molecule has 2 aromatic carbocycles. The fraction of sp³-hybridized carbons (Fsp3) is 0.269. The summed E-state index contributed by atoms with van der Waals surface area (Å²) in [6, 6.07) is 16.8. The third-order valence-electron chi connectivity index (χ3n) is 6.37. The average molecular weight is 428 g/mol. The second-order valence-electron chi connectivity index (χ2n) is 9.41. The number of nitrogens with zero attached hydrogens (tertiary/aromatic N) is 2. The molecule has 2 aliphatic rings. The van der Waals surface area contributed by atoms with E-state index < -0.39 is 5.97 Å². The van der Waals surface area contributed by atoms with Crippen LogP contribution in [0, 0.1) is 12.3 Å². The predicted molar refractivity (Wildman–Crippen MR) is 122 cm³/mol. The predicted octanol–water partition coefficient (Wildman–Crippen LogP) is 5.08. The van der Waals surface area contributed by atoms with Gasteiger partial charge in [0.25, 0.3) is 0 Å². The highest BCUT2D eigenvalue weighted by atomic mass is 16.4. The van der Waals surface area contributed by atoms with Crippen LogP contribution in [-0.2, 0) is 4.79 Å². The Morgan fingerprint density at radius 1 is 1.09 bits per heavy atom. The van der Waals surface area contributed by atoms with E-state index in [0.717, 1.165) is 46.0 Å². The molecule has 1 unspecified atom stereocenters. The molecule has 1 aromatic heterocycles. The van der Waals surface area contributed by atoms with Crippen molar-refractivity contribution < 1.29 is 14.7 Å². The van der Waals surface area contributed by atoms with E-state index in [0.29, 0.717) is 6.42 Å². The second-order valence-corrected chi connectivity index (χ2v) is 9.41. The topological polar surface area (TPSA) is 84.2 Å². The fourth-order valence-corrected chi connectivity index (χ4v) is 4.98. The fourth-order valence-electron chi connectivity index (χ4n) is 4.98. The maximum atomic E-state index is 13.4. The Morgan fingerprint density at radius 3 is 2.44 bits per heavy atom. The van der Waals surface area contributed by atoms with Gasteiger partial charge in [-0.25, -0.2) is 9.48 Å². The minimum Gasteiger partial charge on any atom is -0.478 e. The monoisotopic (exact) mass is 427 g/mol. The highest BCUT2D eigenvalue weighted by Gasteiger charge is 2.42. The number of Topliss-reactive ketones (excluding diaryl/α,β-unsaturated/α-hetero) is 1. The minimum atomic E-state index is -0.967. The van der Waals surface area contributed by atoms with Crippen molar-refractivity contribution in [3.63, 3.8) is 0 Å². The molecule has 32 heavy (non-hydrogen) atoms.